The summed E-state index contributed by atoms with van der Waals surface area (Å²) >= 11 is 5.99. The van der Waals surface area contributed by atoms with Crippen LogP contribution in [0.1, 0.15) is 35.5 Å². The number of carbonyl (C=O) groups excluding carboxylic acids is 1. The fourth-order valence-electron chi connectivity index (χ4n) is 1.79. The molecule has 2 nitrogen and oxygen atoms in total. The summed E-state index contributed by atoms with van der Waals surface area (Å²) in [5.41, 5.74) is 1.81. The number of carbonyl (C=O) groups is 1. The molecule has 17 heavy (non-hydrogen) atoms. The summed E-state index contributed by atoms with van der Waals surface area (Å²) in [4.78, 5) is 10.6. The van der Waals surface area contributed by atoms with Gasteiger partial charge in [0.2, 0.25) is 0 Å². The fraction of sp³-hybridized carbons (Fsp3) is 0.214. The largest absolute Gasteiger partial charge is 0.461 e. The first-order chi connectivity index (χ1) is 8.04. The average Bonchev–Trinajstić information content (AvgIpc) is 2.78. The molecule has 1 aromatic carbocycles. The SMILES string of the molecule is CC(C)(c1cccc(Cl)c1)c1coc(C=O)c1. The van der Waals surface area contributed by atoms with Crippen molar-refractivity contribution in [2.75, 3.05) is 0 Å². The number of benzene rings is 1. The molecule has 2 aromatic rings. The Bertz CT molecular complexity index is 541. The molecule has 0 unspecified atom stereocenters. The molecule has 0 saturated heterocycles. The minimum Gasteiger partial charge on any atom is -0.461 e. The van der Waals surface area contributed by atoms with Gasteiger partial charge in [-0.15, -0.1) is 0 Å². The van der Waals surface area contributed by atoms with Crippen LogP contribution in [-0.4, -0.2) is 6.29 Å². The van der Waals surface area contributed by atoms with Crippen LogP contribution < -0.4 is 0 Å². The Labute approximate surface area is 105 Å². The Hall–Kier alpha value is -1.54. The van der Waals surface area contributed by atoms with Crippen molar-refractivity contribution in [2.45, 2.75) is 19.3 Å². The van der Waals surface area contributed by atoms with E-state index in [-0.39, 0.29) is 5.41 Å². The van der Waals surface area contributed by atoms with E-state index < -0.39 is 0 Å². The van der Waals surface area contributed by atoms with Gasteiger partial charge in [-0.3, -0.25) is 4.79 Å². The molecule has 2 rings (SSSR count). The summed E-state index contributed by atoms with van der Waals surface area (Å²) in [5.74, 6) is 0.343. The van der Waals surface area contributed by atoms with Crippen molar-refractivity contribution in [3.05, 3.63) is 58.5 Å². The predicted molar refractivity (Wildman–Crippen MR) is 67.7 cm³/mol. The van der Waals surface area contributed by atoms with Gasteiger partial charge in [-0.1, -0.05) is 37.6 Å². The van der Waals surface area contributed by atoms with Gasteiger partial charge in [-0.05, 0) is 23.8 Å². The Balaban J connectivity index is 2.44. The molecular formula is C14H13ClO2. The molecule has 0 N–H and O–H groups in total. The first-order valence-corrected chi connectivity index (χ1v) is 5.72. The molecule has 0 amide bonds. The van der Waals surface area contributed by atoms with Crippen LogP contribution >= 0.6 is 11.6 Å². The summed E-state index contributed by atoms with van der Waals surface area (Å²) < 4.78 is 5.15. The Morgan fingerprint density at radius 1 is 1.24 bits per heavy atom. The molecule has 1 heterocycles. The van der Waals surface area contributed by atoms with E-state index in [9.17, 15) is 4.79 Å². The maximum atomic E-state index is 10.6. The zero-order valence-electron chi connectivity index (χ0n) is 9.74. The normalized spacial score (nSPS) is 11.5. The van der Waals surface area contributed by atoms with Gasteiger partial charge in [0.15, 0.2) is 12.0 Å². The number of aldehydes is 1. The van der Waals surface area contributed by atoms with Gasteiger partial charge in [0, 0.05) is 16.0 Å². The van der Waals surface area contributed by atoms with E-state index in [0.717, 1.165) is 11.1 Å². The van der Waals surface area contributed by atoms with E-state index >= 15 is 0 Å². The van der Waals surface area contributed by atoms with Gasteiger partial charge >= 0.3 is 0 Å². The minimum absolute atomic E-state index is 0.240. The summed E-state index contributed by atoms with van der Waals surface area (Å²) in [6.45, 7) is 4.14. The van der Waals surface area contributed by atoms with Crippen LogP contribution in [0.3, 0.4) is 0 Å². The van der Waals surface area contributed by atoms with Crippen LogP contribution in [0.4, 0.5) is 0 Å². The highest BCUT2D eigenvalue weighted by molar-refractivity contribution is 6.30. The van der Waals surface area contributed by atoms with Gasteiger partial charge in [0.05, 0.1) is 6.26 Å². The van der Waals surface area contributed by atoms with Crippen LogP contribution in [0.15, 0.2) is 41.0 Å². The first kappa shape index (κ1) is 11.9. The molecule has 88 valence electrons. The molecule has 1 aromatic heterocycles. The van der Waals surface area contributed by atoms with Crippen molar-refractivity contribution < 1.29 is 9.21 Å². The monoisotopic (exact) mass is 248 g/mol. The fourth-order valence-corrected chi connectivity index (χ4v) is 1.98. The Morgan fingerprint density at radius 3 is 2.59 bits per heavy atom. The predicted octanol–water partition coefficient (Wildman–Crippen LogP) is 4.07. The van der Waals surface area contributed by atoms with Crippen molar-refractivity contribution in [2.24, 2.45) is 0 Å². The number of hydrogen-bond donors (Lipinski definition) is 0. The lowest BCUT2D eigenvalue weighted by Gasteiger charge is -2.24. The topological polar surface area (TPSA) is 30.2 Å². The molecule has 0 bridgehead atoms. The minimum atomic E-state index is -0.240. The molecule has 0 fully saturated rings. The second-order valence-corrected chi connectivity index (χ2v) is 4.93. The number of hydrogen-bond acceptors (Lipinski definition) is 2. The molecular weight excluding hydrogens is 236 g/mol. The first-order valence-electron chi connectivity index (χ1n) is 5.34. The highest BCUT2D eigenvalue weighted by atomic mass is 35.5. The average molecular weight is 249 g/mol. The van der Waals surface area contributed by atoms with Crippen LogP contribution in [-0.2, 0) is 5.41 Å². The third kappa shape index (κ3) is 2.27. The van der Waals surface area contributed by atoms with Crippen molar-refractivity contribution in [3.8, 4) is 0 Å². The second kappa shape index (κ2) is 4.38. The lowest BCUT2D eigenvalue weighted by Crippen LogP contribution is -2.17. The van der Waals surface area contributed by atoms with Gasteiger partial charge in [-0.25, -0.2) is 0 Å². The summed E-state index contributed by atoms with van der Waals surface area (Å²) in [6, 6.07) is 9.45. The van der Waals surface area contributed by atoms with Gasteiger partial charge in [0.25, 0.3) is 0 Å². The number of furan rings is 1. The lowest BCUT2D eigenvalue weighted by molar-refractivity contribution is 0.110. The summed E-state index contributed by atoms with van der Waals surface area (Å²) in [5, 5.41) is 0.703. The molecule has 3 heteroatoms. The quantitative estimate of drug-likeness (QED) is 0.767. The smallest absolute Gasteiger partial charge is 0.185 e. The van der Waals surface area contributed by atoms with E-state index in [1.165, 1.54) is 0 Å². The highest BCUT2D eigenvalue weighted by Gasteiger charge is 2.25. The summed E-state index contributed by atoms with van der Waals surface area (Å²) in [6.07, 6.45) is 2.32. The second-order valence-electron chi connectivity index (χ2n) is 4.49. The van der Waals surface area contributed by atoms with E-state index in [1.807, 2.05) is 24.3 Å². The van der Waals surface area contributed by atoms with Crippen molar-refractivity contribution in [1.29, 1.82) is 0 Å². The molecule has 0 aliphatic rings. The van der Waals surface area contributed by atoms with E-state index in [1.54, 1.807) is 12.3 Å². The lowest BCUT2D eigenvalue weighted by atomic mass is 9.79. The Morgan fingerprint density at radius 2 is 2.00 bits per heavy atom. The van der Waals surface area contributed by atoms with Crippen molar-refractivity contribution in [3.63, 3.8) is 0 Å². The number of halogens is 1. The third-order valence-electron chi connectivity index (χ3n) is 3.00. The van der Waals surface area contributed by atoms with Crippen LogP contribution in [0, 0.1) is 0 Å². The van der Waals surface area contributed by atoms with Gasteiger partial charge in [0.1, 0.15) is 0 Å². The molecule has 0 aliphatic heterocycles. The zero-order chi connectivity index (χ0) is 12.5. The van der Waals surface area contributed by atoms with Gasteiger partial charge in [-0.2, -0.15) is 0 Å². The van der Waals surface area contributed by atoms with Crippen molar-refractivity contribution in [1.82, 2.24) is 0 Å². The Kier molecular flexibility index (Phi) is 3.07. The molecule has 0 saturated carbocycles. The molecule has 0 atom stereocenters. The maximum absolute atomic E-state index is 10.6. The molecule has 0 aliphatic carbocycles. The van der Waals surface area contributed by atoms with Crippen LogP contribution in [0.2, 0.25) is 5.02 Å². The zero-order valence-corrected chi connectivity index (χ0v) is 10.5. The maximum Gasteiger partial charge on any atom is 0.185 e. The molecule has 0 spiro atoms. The standard InChI is InChI=1S/C14H13ClO2/c1-14(2,10-4-3-5-12(15)6-10)11-7-13(8-16)17-9-11/h3-9H,1-2H3. The van der Waals surface area contributed by atoms with E-state index in [2.05, 4.69) is 13.8 Å². The van der Waals surface area contributed by atoms with E-state index in [0.29, 0.717) is 17.1 Å². The summed E-state index contributed by atoms with van der Waals surface area (Å²) in [7, 11) is 0. The van der Waals surface area contributed by atoms with Gasteiger partial charge < -0.3 is 4.42 Å². The molecule has 0 radical (unpaired) electrons. The highest BCUT2D eigenvalue weighted by Crippen LogP contribution is 2.33. The van der Waals surface area contributed by atoms with Crippen LogP contribution in [0.25, 0.3) is 0 Å². The van der Waals surface area contributed by atoms with Crippen molar-refractivity contribution >= 4 is 17.9 Å². The third-order valence-corrected chi connectivity index (χ3v) is 3.24. The number of rotatable bonds is 3. The van der Waals surface area contributed by atoms with Crippen LogP contribution in [0.5, 0.6) is 0 Å². The van der Waals surface area contributed by atoms with E-state index in [4.69, 9.17) is 16.0 Å².